The quantitative estimate of drug-likeness (QED) is 0.937. The van der Waals surface area contributed by atoms with Crippen molar-refractivity contribution in [2.45, 2.75) is 19.6 Å². The molecule has 1 saturated heterocycles. The van der Waals surface area contributed by atoms with Gasteiger partial charge in [-0.2, -0.15) is 0 Å². The number of hydrogen-bond donors (Lipinski definition) is 1. The molecule has 1 atom stereocenters. The van der Waals surface area contributed by atoms with E-state index in [0.29, 0.717) is 32.1 Å². The molecule has 2 heterocycles. The van der Waals surface area contributed by atoms with Crippen molar-refractivity contribution in [2.24, 2.45) is 0 Å². The predicted octanol–water partition coefficient (Wildman–Crippen LogP) is 2.21. The van der Waals surface area contributed by atoms with Crippen molar-refractivity contribution < 1.29 is 13.9 Å². The summed E-state index contributed by atoms with van der Waals surface area (Å²) in [5, 5.41) is 2.85. The molecule has 0 unspecified atom stereocenters. The first-order valence-corrected chi connectivity index (χ1v) is 7.80. The van der Waals surface area contributed by atoms with Gasteiger partial charge in [-0.15, -0.1) is 0 Å². The summed E-state index contributed by atoms with van der Waals surface area (Å²) in [5.74, 6) is 0.357. The van der Waals surface area contributed by atoms with E-state index < -0.39 is 0 Å². The van der Waals surface area contributed by atoms with Gasteiger partial charge >= 0.3 is 6.03 Å². The highest BCUT2D eigenvalue weighted by Crippen LogP contribution is 2.22. The number of nitrogens with zero attached hydrogens (tertiary/aromatic N) is 3. The fourth-order valence-corrected chi connectivity index (χ4v) is 2.62. The Bertz CT molecular complexity index is 725. The van der Waals surface area contributed by atoms with Gasteiger partial charge in [0.2, 0.25) is 0 Å². The van der Waals surface area contributed by atoms with Gasteiger partial charge in [0, 0.05) is 12.7 Å². The molecule has 0 saturated carbocycles. The molecule has 6 nitrogen and oxygen atoms in total. The zero-order valence-electron chi connectivity index (χ0n) is 13.4. The van der Waals surface area contributed by atoms with Crippen LogP contribution in [0.1, 0.15) is 23.2 Å². The van der Waals surface area contributed by atoms with Crippen molar-refractivity contribution >= 4 is 6.03 Å². The molecule has 1 aromatic carbocycles. The van der Waals surface area contributed by atoms with E-state index in [2.05, 4.69) is 15.3 Å². The summed E-state index contributed by atoms with van der Waals surface area (Å²) < 4.78 is 19.0. The van der Waals surface area contributed by atoms with Gasteiger partial charge < -0.3 is 15.0 Å². The topological polar surface area (TPSA) is 67.4 Å². The number of morpholine rings is 1. The molecule has 0 spiro atoms. The smallest absolute Gasteiger partial charge is 0.317 e. The van der Waals surface area contributed by atoms with Crippen LogP contribution in [0.5, 0.6) is 0 Å². The van der Waals surface area contributed by atoms with E-state index in [0.717, 1.165) is 11.3 Å². The van der Waals surface area contributed by atoms with Gasteiger partial charge in [0.1, 0.15) is 17.7 Å². The van der Waals surface area contributed by atoms with Crippen LogP contribution >= 0.6 is 0 Å². The van der Waals surface area contributed by atoms with Gasteiger partial charge in [0.05, 0.1) is 25.4 Å². The minimum Gasteiger partial charge on any atom is -0.370 e. The van der Waals surface area contributed by atoms with Gasteiger partial charge in [-0.1, -0.05) is 12.1 Å². The first kappa shape index (κ1) is 16.3. The fraction of sp³-hybridized carbons (Fsp3) is 0.353. The van der Waals surface area contributed by atoms with Crippen molar-refractivity contribution in [1.82, 2.24) is 20.2 Å². The Kier molecular flexibility index (Phi) is 5.00. The van der Waals surface area contributed by atoms with E-state index >= 15 is 0 Å². The van der Waals surface area contributed by atoms with Gasteiger partial charge in [0.15, 0.2) is 0 Å². The van der Waals surface area contributed by atoms with Gasteiger partial charge in [-0.05, 0) is 30.7 Å². The van der Waals surface area contributed by atoms with Crippen molar-refractivity contribution in [3.05, 3.63) is 59.4 Å². The number of carbonyl (C=O) groups excluding carboxylic acids is 1. The SMILES string of the molecule is Cc1nccc(CNC(=O)N2CCO[C@H](c3cccc(F)c3)C2)n1. The van der Waals surface area contributed by atoms with Gasteiger partial charge in [-0.25, -0.2) is 19.2 Å². The normalized spacial score (nSPS) is 17.6. The molecule has 126 valence electrons. The van der Waals surface area contributed by atoms with Crippen molar-refractivity contribution in [3.63, 3.8) is 0 Å². The number of nitrogens with one attached hydrogen (secondary N) is 1. The molecule has 2 aromatic rings. The largest absolute Gasteiger partial charge is 0.370 e. The third kappa shape index (κ3) is 4.05. The van der Waals surface area contributed by atoms with Crippen molar-refractivity contribution in [2.75, 3.05) is 19.7 Å². The lowest BCUT2D eigenvalue weighted by Crippen LogP contribution is -2.47. The maximum atomic E-state index is 13.4. The predicted molar refractivity (Wildman–Crippen MR) is 85.7 cm³/mol. The van der Waals surface area contributed by atoms with Crippen LogP contribution in [0.25, 0.3) is 0 Å². The van der Waals surface area contributed by atoms with Crippen LogP contribution in [0.3, 0.4) is 0 Å². The summed E-state index contributed by atoms with van der Waals surface area (Å²) in [6, 6.07) is 7.86. The number of halogens is 1. The van der Waals surface area contributed by atoms with E-state index in [9.17, 15) is 9.18 Å². The highest BCUT2D eigenvalue weighted by molar-refractivity contribution is 5.74. The van der Waals surface area contributed by atoms with Crippen LogP contribution in [0.15, 0.2) is 36.5 Å². The monoisotopic (exact) mass is 330 g/mol. The Morgan fingerprint density at radius 1 is 1.46 bits per heavy atom. The van der Waals surface area contributed by atoms with Gasteiger partial charge in [-0.3, -0.25) is 0 Å². The Morgan fingerprint density at radius 2 is 2.33 bits per heavy atom. The summed E-state index contributed by atoms with van der Waals surface area (Å²) in [7, 11) is 0. The molecular weight excluding hydrogens is 311 g/mol. The van der Waals surface area contributed by atoms with Crippen LogP contribution in [0, 0.1) is 12.7 Å². The molecule has 24 heavy (non-hydrogen) atoms. The van der Waals surface area contributed by atoms with E-state index in [4.69, 9.17) is 4.74 Å². The zero-order valence-corrected chi connectivity index (χ0v) is 13.4. The zero-order chi connectivity index (χ0) is 16.9. The highest BCUT2D eigenvalue weighted by Gasteiger charge is 2.25. The van der Waals surface area contributed by atoms with Crippen LogP contribution < -0.4 is 5.32 Å². The fourth-order valence-electron chi connectivity index (χ4n) is 2.62. The van der Waals surface area contributed by atoms with E-state index in [1.54, 1.807) is 36.2 Å². The number of amides is 2. The summed E-state index contributed by atoms with van der Waals surface area (Å²) in [5.41, 5.74) is 1.49. The average molecular weight is 330 g/mol. The molecule has 7 heteroatoms. The Morgan fingerprint density at radius 3 is 3.12 bits per heavy atom. The summed E-state index contributed by atoms with van der Waals surface area (Å²) in [6.45, 7) is 3.45. The maximum absolute atomic E-state index is 13.4. The number of hydrogen-bond acceptors (Lipinski definition) is 4. The molecule has 1 N–H and O–H groups in total. The second-order valence-electron chi connectivity index (χ2n) is 5.61. The molecule has 0 bridgehead atoms. The molecule has 2 amide bonds. The van der Waals surface area contributed by atoms with E-state index in [-0.39, 0.29) is 18.0 Å². The lowest BCUT2D eigenvalue weighted by molar-refractivity contribution is -0.0156. The van der Waals surface area contributed by atoms with Gasteiger partial charge in [0.25, 0.3) is 0 Å². The molecule has 1 aliphatic heterocycles. The molecule has 0 aliphatic carbocycles. The Labute approximate surface area is 139 Å². The summed E-state index contributed by atoms with van der Waals surface area (Å²) in [4.78, 5) is 22.3. The summed E-state index contributed by atoms with van der Waals surface area (Å²) >= 11 is 0. The number of aryl methyl sites for hydroxylation is 1. The Hall–Kier alpha value is -2.54. The average Bonchev–Trinajstić information content (AvgIpc) is 2.60. The Balaban J connectivity index is 1.59. The first-order chi connectivity index (χ1) is 11.6. The third-order valence-corrected chi connectivity index (χ3v) is 3.83. The lowest BCUT2D eigenvalue weighted by Gasteiger charge is -2.33. The van der Waals surface area contributed by atoms with Crippen molar-refractivity contribution in [3.8, 4) is 0 Å². The standard InChI is InChI=1S/C17H19FN4O2/c1-12-19-6-5-15(21-12)10-20-17(23)22-7-8-24-16(11-22)13-3-2-4-14(18)9-13/h2-6,9,16H,7-8,10-11H2,1H3,(H,20,23)/t16-/m0/s1. The maximum Gasteiger partial charge on any atom is 0.317 e. The number of ether oxygens (including phenoxy) is 1. The number of rotatable bonds is 3. The molecule has 1 fully saturated rings. The second-order valence-corrected chi connectivity index (χ2v) is 5.61. The molecule has 1 aliphatic rings. The number of carbonyl (C=O) groups is 1. The minimum absolute atomic E-state index is 0.184. The van der Waals surface area contributed by atoms with Crippen molar-refractivity contribution in [1.29, 1.82) is 0 Å². The summed E-state index contributed by atoms with van der Waals surface area (Å²) in [6.07, 6.45) is 1.35. The lowest BCUT2D eigenvalue weighted by atomic mass is 10.1. The van der Waals surface area contributed by atoms with E-state index in [1.807, 2.05) is 0 Å². The molecule has 0 radical (unpaired) electrons. The third-order valence-electron chi connectivity index (χ3n) is 3.83. The van der Waals surface area contributed by atoms with Crippen LogP contribution in [-0.4, -0.2) is 40.6 Å². The second kappa shape index (κ2) is 7.35. The molecule has 3 rings (SSSR count). The van der Waals surface area contributed by atoms with E-state index in [1.165, 1.54) is 12.1 Å². The first-order valence-electron chi connectivity index (χ1n) is 7.80. The number of benzene rings is 1. The number of urea groups is 1. The molecule has 1 aromatic heterocycles. The molecular formula is C17H19FN4O2. The minimum atomic E-state index is -0.318. The van der Waals surface area contributed by atoms with Crippen LogP contribution in [0.4, 0.5) is 9.18 Å². The highest BCUT2D eigenvalue weighted by atomic mass is 19.1. The van der Waals surface area contributed by atoms with Crippen LogP contribution in [-0.2, 0) is 11.3 Å². The van der Waals surface area contributed by atoms with Crippen LogP contribution in [0.2, 0.25) is 0 Å². The number of aromatic nitrogens is 2.